The molecule has 1 heterocycles. The van der Waals surface area contributed by atoms with E-state index in [-0.39, 0.29) is 0 Å². The second-order valence-corrected chi connectivity index (χ2v) is 5.46. The Morgan fingerprint density at radius 1 is 1.20 bits per heavy atom. The van der Waals surface area contributed by atoms with E-state index in [0.717, 1.165) is 28.1 Å². The number of hydrogen-bond donors (Lipinski definition) is 0. The largest absolute Gasteiger partial charge is 0.242 e. The van der Waals surface area contributed by atoms with Crippen molar-refractivity contribution >= 4 is 23.4 Å². The zero-order valence-corrected chi connectivity index (χ0v) is 11.2. The van der Waals surface area contributed by atoms with Gasteiger partial charge in [-0.25, -0.2) is 9.97 Å². The van der Waals surface area contributed by atoms with Gasteiger partial charge in [-0.3, -0.25) is 0 Å². The van der Waals surface area contributed by atoms with Crippen LogP contribution in [0.3, 0.4) is 0 Å². The van der Waals surface area contributed by atoms with Gasteiger partial charge in [0.05, 0.1) is 11.4 Å². The first kappa shape index (κ1) is 12.8. The van der Waals surface area contributed by atoms with E-state index in [0.29, 0.717) is 5.15 Å². The standard InChI is InChI=1S/C11H17ClN2S/c1-7(2)5-6-15-11-10(12)13-8(3)9(4)14-11/h7H,5-6H2,1-4H3. The van der Waals surface area contributed by atoms with E-state index in [9.17, 15) is 0 Å². The summed E-state index contributed by atoms with van der Waals surface area (Å²) in [6.07, 6.45) is 1.18. The average Bonchev–Trinajstić information content (AvgIpc) is 2.13. The molecule has 0 N–H and O–H groups in total. The van der Waals surface area contributed by atoms with Crippen LogP contribution in [0, 0.1) is 19.8 Å². The van der Waals surface area contributed by atoms with Crippen LogP contribution >= 0.6 is 23.4 Å². The molecule has 15 heavy (non-hydrogen) atoms. The number of hydrogen-bond acceptors (Lipinski definition) is 3. The predicted molar refractivity (Wildman–Crippen MR) is 66.7 cm³/mol. The third kappa shape index (κ3) is 3.99. The minimum absolute atomic E-state index is 0.534. The van der Waals surface area contributed by atoms with Gasteiger partial charge < -0.3 is 0 Å². The molecule has 0 spiro atoms. The number of thioether (sulfide) groups is 1. The van der Waals surface area contributed by atoms with Crippen molar-refractivity contribution in [2.75, 3.05) is 5.75 Å². The summed E-state index contributed by atoms with van der Waals surface area (Å²) >= 11 is 7.72. The molecule has 1 aromatic rings. The Labute approximate surface area is 101 Å². The number of rotatable bonds is 4. The molecule has 0 aliphatic rings. The molecule has 0 amide bonds. The lowest BCUT2D eigenvalue weighted by molar-refractivity contribution is 0.632. The molecule has 0 fully saturated rings. The van der Waals surface area contributed by atoms with Gasteiger partial charge in [-0.1, -0.05) is 25.4 Å². The van der Waals surface area contributed by atoms with Crippen molar-refractivity contribution in [2.45, 2.75) is 39.1 Å². The summed E-state index contributed by atoms with van der Waals surface area (Å²) in [5, 5.41) is 1.40. The second kappa shape index (κ2) is 5.71. The maximum atomic E-state index is 6.02. The molecule has 0 aliphatic heterocycles. The van der Waals surface area contributed by atoms with Gasteiger partial charge in [0.15, 0.2) is 5.15 Å². The van der Waals surface area contributed by atoms with Crippen molar-refractivity contribution in [3.63, 3.8) is 0 Å². The first-order valence-corrected chi connectivity index (χ1v) is 6.50. The number of halogens is 1. The molecule has 84 valence electrons. The van der Waals surface area contributed by atoms with Crippen molar-refractivity contribution in [1.82, 2.24) is 9.97 Å². The molecule has 0 aromatic carbocycles. The van der Waals surface area contributed by atoms with Crippen LogP contribution in [0.4, 0.5) is 0 Å². The van der Waals surface area contributed by atoms with Crippen molar-refractivity contribution in [1.29, 1.82) is 0 Å². The van der Waals surface area contributed by atoms with Gasteiger partial charge in [-0.2, -0.15) is 0 Å². The van der Waals surface area contributed by atoms with E-state index in [4.69, 9.17) is 11.6 Å². The summed E-state index contributed by atoms with van der Waals surface area (Å²) in [6, 6.07) is 0. The van der Waals surface area contributed by atoms with Crippen LogP contribution in [-0.4, -0.2) is 15.7 Å². The fourth-order valence-electron chi connectivity index (χ4n) is 1.04. The molecule has 0 bridgehead atoms. The molecular weight excluding hydrogens is 228 g/mol. The maximum absolute atomic E-state index is 6.02. The Balaban J connectivity index is 2.65. The molecule has 2 nitrogen and oxygen atoms in total. The SMILES string of the molecule is Cc1nc(Cl)c(SCCC(C)C)nc1C. The van der Waals surface area contributed by atoms with E-state index in [1.807, 2.05) is 13.8 Å². The molecular formula is C11H17ClN2S. The van der Waals surface area contributed by atoms with Gasteiger partial charge in [-0.05, 0) is 31.9 Å². The Morgan fingerprint density at radius 2 is 1.80 bits per heavy atom. The molecule has 0 atom stereocenters. The Kier molecular flexibility index (Phi) is 4.87. The number of nitrogens with zero attached hydrogens (tertiary/aromatic N) is 2. The molecule has 0 radical (unpaired) electrons. The van der Waals surface area contributed by atoms with Gasteiger partial charge in [0.2, 0.25) is 0 Å². The highest BCUT2D eigenvalue weighted by molar-refractivity contribution is 7.99. The Morgan fingerprint density at radius 3 is 2.40 bits per heavy atom. The zero-order chi connectivity index (χ0) is 11.4. The monoisotopic (exact) mass is 244 g/mol. The molecule has 0 saturated carbocycles. The summed E-state index contributed by atoms with van der Waals surface area (Å²) in [6.45, 7) is 8.32. The molecule has 0 unspecified atom stereocenters. The van der Waals surface area contributed by atoms with Crippen LogP contribution < -0.4 is 0 Å². The fourth-order valence-corrected chi connectivity index (χ4v) is 2.52. The molecule has 0 aliphatic carbocycles. The summed E-state index contributed by atoms with van der Waals surface area (Å²) < 4.78 is 0. The lowest BCUT2D eigenvalue weighted by atomic mass is 10.2. The minimum Gasteiger partial charge on any atom is -0.242 e. The van der Waals surface area contributed by atoms with E-state index >= 15 is 0 Å². The third-order valence-corrected chi connectivity index (χ3v) is 3.54. The van der Waals surface area contributed by atoms with Gasteiger partial charge in [-0.15, -0.1) is 11.8 Å². The van der Waals surface area contributed by atoms with Gasteiger partial charge in [0.1, 0.15) is 5.03 Å². The van der Waals surface area contributed by atoms with Crippen molar-refractivity contribution in [3.05, 3.63) is 16.5 Å². The number of aromatic nitrogens is 2. The smallest absolute Gasteiger partial charge is 0.161 e. The minimum atomic E-state index is 0.534. The Bertz CT molecular complexity index is 340. The first-order valence-electron chi connectivity index (χ1n) is 5.14. The highest BCUT2D eigenvalue weighted by Crippen LogP contribution is 2.25. The molecule has 1 rings (SSSR count). The third-order valence-electron chi connectivity index (χ3n) is 2.17. The van der Waals surface area contributed by atoms with Crippen LogP contribution in [0.1, 0.15) is 31.7 Å². The van der Waals surface area contributed by atoms with Gasteiger partial charge in [0, 0.05) is 0 Å². The van der Waals surface area contributed by atoms with E-state index in [1.165, 1.54) is 6.42 Å². The van der Waals surface area contributed by atoms with E-state index < -0.39 is 0 Å². The summed E-state index contributed by atoms with van der Waals surface area (Å²) in [5.41, 5.74) is 1.87. The van der Waals surface area contributed by atoms with Crippen LogP contribution in [0.25, 0.3) is 0 Å². The lowest BCUT2D eigenvalue weighted by Crippen LogP contribution is -1.97. The summed E-state index contributed by atoms with van der Waals surface area (Å²) in [4.78, 5) is 8.69. The quantitative estimate of drug-likeness (QED) is 0.752. The van der Waals surface area contributed by atoms with Gasteiger partial charge >= 0.3 is 0 Å². The molecule has 4 heteroatoms. The predicted octanol–water partition coefficient (Wildman–Crippen LogP) is 3.89. The van der Waals surface area contributed by atoms with Crippen molar-refractivity contribution in [2.24, 2.45) is 5.92 Å². The topological polar surface area (TPSA) is 25.8 Å². The first-order chi connectivity index (χ1) is 7.00. The average molecular weight is 245 g/mol. The highest BCUT2D eigenvalue weighted by Gasteiger charge is 2.07. The Hall–Kier alpha value is -0.280. The highest BCUT2D eigenvalue weighted by atomic mass is 35.5. The van der Waals surface area contributed by atoms with Crippen LogP contribution in [0.2, 0.25) is 5.15 Å². The summed E-state index contributed by atoms with van der Waals surface area (Å²) in [5.74, 6) is 1.77. The normalized spacial score (nSPS) is 11.1. The second-order valence-electron chi connectivity index (χ2n) is 4.02. The number of aryl methyl sites for hydroxylation is 2. The van der Waals surface area contributed by atoms with Gasteiger partial charge in [0.25, 0.3) is 0 Å². The molecule has 0 saturated heterocycles. The van der Waals surface area contributed by atoms with Crippen molar-refractivity contribution in [3.8, 4) is 0 Å². The fraction of sp³-hybridized carbons (Fsp3) is 0.636. The van der Waals surface area contributed by atoms with Crippen LogP contribution in [0.5, 0.6) is 0 Å². The lowest BCUT2D eigenvalue weighted by Gasteiger charge is -2.07. The van der Waals surface area contributed by atoms with Crippen LogP contribution in [-0.2, 0) is 0 Å². The zero-order valence-electron chi connectivity index (χ0n) is 9.67. The maximum Gasteiger partial charge on any atom is 0.161 e. The van der Waals surface area contributed by atoms with Crippen molar-refractivity contribution < 1.29 is 0 Å². The molecule has 1 aromatic heterocycles. The van der Waals surface area contributed by atoms with E-state index in [2.05, 4.69) is 23.8 Å². The summed E-state index contributed by atoms with van der Waals surface area (Å²) in [7, 11) is 0. The van der Waals surface area contributed by atoms with Crippen LogP contribution in [0.15, 0.2) is 5.03 Å². The van der Waals surface area contributed by atoms with E-state index in [1.54, 1.807) is 11.8 Å².